The van der Waals surface area contributed by atoms with E-state index < -0.39 is 19.9 Å². The summed E-state index contributed by atoms with van der Waals surface area (Å²) in [6, 6.07) is 0. The van der Waals surface area contributed by atoms with Gasteiger partial charge in [-0.1, -0.05) is 6.92 Å². The predicted molar refractivity (Wildman–Crippen MR) is 64.8 cm³/mol. The first-order chi connectivity index (χ1) is 8.35. The first-order valence-electron chi connectivity index (χ1n) is 6.00. The molecule has 0 aromatic carbocycles. The molecule has 18 heavy (non-hydrogen) atoms. The molecule has 8 heteroatoms. The maximum Gasteiger partial charge on any atom is 0.474 e. The lowest BCUT2D eigenvalue weighted by atomic mass is 10.2. The summed E-state index contributed by atoms with van der Waals surface area (Å²) >= 11 is 0. The lowest BCUT2D eigenvalue weighted by Crippen LogP contribution is -2.50. The van der Waals surface area contributed by atoms with E-state index in [1.807, 2.05) is 0 Å². The van der Waals surface area contributed by atoms with Crippen LogP contribution in [-0.2, 0) is 23.3 Å². The topological polar surface area (TPSA) is 94.5 Å². The Morgan fingerprint density at radius 1 is 1.06 bits per heavy atom. The molecule has 0 saturated carbocycles. The number of rotatable bonds is 10. The molecule has 0 aliphatic carbocycles. The van der Waals surface area contributed by atoms with Crippen molar-refractivity contribution in [3.63, 3.8) is 0 Å². The Balaban J connectivity index is 5.21. The van der Waals surface area contributed by atoms with Crippen molar-refractivity contribution in [1.82, 2.24) is 0 Å². The molecule has 0 fully saturated rings. The minimum Gasteiger partial charge on any atom is -0.370 e. The molecule has 0 radical (unpaired) electrons. The second-order valence-electron chi connectivity index (χ2n) is 3.40. The van der Waals surface area contributed by atoms with Gasteiger partial charge in [0.1, 0.15) is 6.10 Å². The van der Waals surface area contributed by atoms with Crippen LogP contribution in [-0.4, -0.2) is 41.7 Å². The summed E-state index contributed by atoms with van der Waals surface area (Å²) < 4.78 is 31.8. The average Bonchev–Trinajstić information content (AvgIpc) is 2.24. The van der Waals surface area contributed by atoms with Gasteiger partial charge < -0.3 is 24.0 Å². The summed E-state index contributed by atoms with van der Waals surface area (Å²) in [5.74, 6) is -1.88. The average molecular weight is 286 g/mol. The molecule has 0 amide bonds. The zero-order chi connectivity index (χ0) is 14.2. The van der Waals surface area contributed by atoms with Gasteiger partial charge in [0.2, 0.25) is 0 Å². The van der Waals surface area contributed by atoms with Crippen LogP contribution >= 0.6 is 7.82 Å². The summed E-state index contributed by atoms with van der Waals surface area (Å²) in [6.45, 7) is 7.60. The molecule has 0 spiro atoms. The van der Waals surface area contributed by atoms with E-state index in [1.165, 1.54) is 0 Å². The first kappa shape index (κ1) is 18.0. The van der Waals surface area contributed by atoms with Crippen molar-refractivity contribution in [3.05, 3.63) is 0 Å². The third-order valence-electron chi connectivity index (χ3n) is 2.07. The summed E-state index contributed by atoms with van der Waals surface area (Å²) in [5.41, 5.74) is 0. The second kappa shape index (κ2) is 8.22. The molecule has 1 unspecified atom stereocenters. The Bertz CT molecular complexity index is 259. The quantitative estimate of drug-likeness (QED) is 0.465. The van der Waals surface area contributed by atoms with Crippen molar-refractivity contribution in [2.24, 2.45) is 0 Å². The zero-order valence-electron chi connectivity index (χ0n) is 11.3. The largest absolute Gasteiger partial charge is 0.474 e. The van der Waals surface area contributed by atoms with Gasteiger partial charge in [-0.2, -0.15) is 0 Å². The van der Waals surface area contributed by atoms with Gasteiger partial charge in [0, 0.05) is 19.8 Å². The van der Waals surface area contributed by atoms with Gasteiger partial charge in [-0.15, -0.1) is 0 Å². The van der Waals surface area contributed by atoms with E-state index in [2.05, 4.69) is 0 Å². The first-order valence-corrected chi connectivity index (χ1v) is 7.53. The lowest BCUT2D eigenvalue weighted by molar-refractivity contribution is -0.387. The van der Waals surface area contributed by atoms with Crippen LogP contribution in [0.25, 0.3) is 0 Å². The molecule has 0 rings (SSSR count). The molecule has 0 heterocycles. The molecular formula is C10H23O7P. The number of hydrogen-bond donors (Lipinski definition) is 2. The molecular weight excluding hydrogens is 263 g/mol. The Hall–Kier alpha value is -0.0100. The van der Waals surface area contributed by atoms with Gasteiger partial charge in [-0.05, 0) is 27.2 Å². The fourth-order valence-corrected chi connectivity index (χ4v) is 2.13. The van der Waals surface area contributed by atoms with Crippen LogP contribution in [0.5, 0.6) is 0 Å². The van der Waals surface area contributed by atoms with E-state index in [0.717, 1.165) is 0 Å². The van der Waals surface area contributed by atoms with Crippen LogP contribution in [0.1, 0.15) is 34.1 Å². The van der Waals surface area contributed by atoms with E-state index in [4.69, 9.17) is 28.5 Å². The van der Waals surface area contributed by atoms with Crippen molar-refractivity contribution in [2.45, 2.75) is 46.2 Å². The highest BCUT2D eigenvalue weighted by Crippen LogP contribution is 2.44. The normalized spacial score (nSPS) is 14.8. The molecule has 0 aliphatic heterocycles. The number of phosphoric acid groups is 1. The maximum atomic E-state index is 11.1. The SMILES string of the molecule is CCOC(CC)C(OCC)(OCC)OP(=O)(O)O. The van der Waals surface area contributed by atoms with Crippen molar-refractivity contribution >= 4 is 7.82 Å². The molecule has 0 aromatic rings. The highest BCUT2D eigenvalue weighted by atomic mass is 31.2. The molecule has 0 saturated heterocycles. The Labute approximate surface area is 108 Å². The van der Waals surface area contributed by atoms with Crippen molar-refractivity contribution in [3.8, 4) is 0 Å². The minimum absolute atomic E-state index is 0.170. The van der Waals surface area contributed by atoms with Gasteiger partial charge in [0.05, 0.1) is 0 Å². The fourth-order valence-electron chi connectivity index (χ4n) is 1.58. The molecule has 0 aromatic heterocycles. The summed E-state index contributed by atoms with van der Waals surface area (Å²) in [6.07, 6.45) is -0.302. The fraction of sp³-hybridized carbons (Fsp3) is 1.00. The van der Waals surface area contributed by atoms with Crippen LogP contribution < -0.4 is 0 Å². The van der Waals surface area contributed by atoms with Crippen LogP contribution in [0.4, 0.5) is 0 Å². The number of ether oxygens (including phenoxy) is 3. The Morgan fingerprint density at radius 2 is 1.56 bits per heavy atom. The summed E-state index contributed by atoms with van der Waals surface area (Å²) in [4.78, 5) is 18.0. The van der Waals surface area contributed by atoms with Gasteiger partial charge >= 0.3 is 13.8 Å². The Kier molecular flexibility index (Phi) is 8.21. The van der Waals surface area contributed by atoms with Crippen LogP contribution in [0.2, 0.25) is 0 Å². The van der Waals surface area contributed by atoms with E-state index in [0.29, 0.717) is 13.0 Å². The number of hydrogen-bond acceptors (Lipinski definition) is 5. The van der Waals surface area contributed by atoms with Crippen LogP contribution in [0.15, 0.2) is 0 Å². The van der Waals surface area contributed by atoms with Gasteiger partial charge in [0.15, 0.2) is 0 Å². The molecule has 1 atom stereocenters. The predicted octanol–water partition coefficient (Wildman–Crippen LogP) is 1.64. The minimum atomic E-state index is -4.77. The van der Waals surface area contributed by atoms with E-state index in [-0.39, 0.29) is 13.2 Å². The lowest BCUT2D eigenvalue weighted by Gasteiger charge is -2.37. The molecule has 7 nitrogen and oxygen atoms in total. The second-order valence-corrected chi connectivity index (χ2v) is 4.57. The van der Waals surface area contributed by atoms with E-state index in [1.54, 1.807) is 27.7 Å². The Morgan fingerprint density at radius 3 is 1.83 bits per heavy atom. The van der Waals surface area contributed by atoms with E-state index in [9.17, 15) is 4.57 Å². The van der Waals surface area contributed by atoms with Gasteiger partial charge in [-0.3, -0.25) is 0 Å². The zero-order valence-corrected chi connectivity index (χ0v) is 12.2. The van der Waals surface area contributed by atoms with Gasteiger partial charge in [-0.25, -0.2) is 9.09 Å². The summed E-state index contributed by atoms with van der Waals surface area (Å²) in [7, 11) is -4.77. The van der Waals surface area contributed by atoms with Crippen molar-refractivity contribution in [2.75, 3.05) is 19.8 Å². The monoisotopic (exact) mass is 286 g/mol. The molecule has 0 aliphatic rings. The molecule has 110 valence electrons. The highest BCUT2D eigenvalue weighted by molar-refractivity contribution is 7.46. The van der Waals surface area contributed by atoms with Crippen LogP contribution in [0.3, 0.4) is 0 Å². The standard InChI is InChI=1S/C10H23O7P/c1-5-9(14-6-2)10(15-7-3,16-8-4)17-18(11,12)13/h9H,5-8H2,1-4H3,(H2,11,12,13). The van der Waals surface area contributed by atoms with Gasteiger partial charge in [0.25, 0.3) is 0 Å². The number of phosphoric ester groups is 1. The third kappa shape index (κ3) is 5.75. The smallest absolute Gasteiger partial charge is 0.370 e. The third-order valence-corrected chi connectivity index (χ3v) is 2.56. The molecule has 0 bridgehead atoms. The highest BCUT2D eigenvalue weighted by Gasteiger charge is 2.47. The van der Waals surface area contributed by atoms with Crippen LogP contribution in [0, 0.1) is 0 Å². The maximum absolute atomic E-state index is 11.1. The molecule has 2 N–H and O–H groups in total. The summed E-state index contributed by atoms with van der Waals surface area (Å²) in [5, 5.41) is 0. The van der Waals surface area contributed by atoms with Crippen molar-refractivity contribution < 1.29 is 33.1 Å². The van der Waals surface area contributed by atoms with E-state index >= 15 is 0 Å². The van der Waals surface area contributed by atoms with Crippen molar-refractivity contribution in [1.29, 1.82) is 0 Å².